The van der Waals surface area contributed by atoms with Crippen LogP contribution in [-0.2, 0) is 33.9 Å². The number of halogens is 3. The summed E-state index contributed by atoms with van der Waals surface area (Å²) in [5.41, 5.74) is -1.81. The number of nitrogens with one attached hydrogen (secondary N) is 3. The molecule has 16 nitrogen and oxygen atoms in total. The molecule has 0 bridgehead atoms. The second kappa shape index (κ2) is 17.3. The number of benzene rings is 2. The van der Waals surface area contributed by atoms with Crippen LogP contribution in [0.5, 0.6) is 17.4 Å². The van der Waals surface area contributed by atoms with E-state index in [2.05, 4.69) is 20.1 Å². The molecule has 7 rings (SSSR count). The molecule has 2 aromatic carbocycles. The SMILES string of the molecule is COc1ccc2c(O[C@@H]3C[C@H]4C(=O)N[C@]5(C(=O)NS(=O)(=O)C6CC6)C[C@H]5/C=C\CCCOC[C@H](NC(=O)OC(C)(C)C)C(=O)N4C3)nc(-c3ccc(OC(F)(F)F)cc3)cc2c1. The van der Waals surface area contributed by atoms with Gasteiger partial charge in [0.15, 0.2) is 0 Å². The molecule has 2 aliphatic carbocycles. The van der Waals surface area contributed by atoms with E-state index < -0.39 is 86.4 Å². The van der Waals surface area contributed by atoms with Crippen molar-refractivity contribution in [3.05, 3.63) is 60.7 Å². The van der Waals surface area contributed by atoms with Crippen LogP contribution in [0.4, 0.5) is 18.0 Å². The third-order valence-electron chi connectivity index (χ3n) is 10.8. The number of hydrogen-bond donors (Lipinski definition) is 3. The summed E-state index contributed by atoms with van der Waals surface area (Å²) in [6.45, 7) is 4.69. The summed E-state index contributed by atoms with van der Waals surface area (Å²) < 4.78 is 94.0. The molecule has 0 radical (unpaired) electrons. The summed E-state index contributed by atoms with van der Waals surface area (Å²) in [7, 11) is -2.50. The number of carbonyl (C=O) groups is 4. The van der Waals surface area contributed by atoms with Crippen LogP contribution in [0.25, 0.3) is 22.0 Å². The van der Waals surface area contributed by atoms with Crippen molar-refractivity contribution in [2.75, 3.05) is 26.9 Å². The van der Waals surface area contributed by atoms with Gasteiger partial charge in [0.1, 0.15) is 40.8 Å². The Bertz CT molecular complexity index is 2350. The van der Waals surface area contributed by atoms with Crippen LogP contribution in [0.15, 0.2) is 60.7 Å². The van der Waals surface area contributed by atoms with E-state index in [0.717, 1.165) is 12.1 Å². The van der Waals surface area contributed by atoms with Gasteiger partial charge in [-0.2, -0.15) is 0 Å². The highest BCUT2D eigenvalue weighted by Gasteiger charge is 2.62. The lowest BCUT2D eigenvalue weighted by Crippen LogP contribution is -2.59. The van der Waals surface area contributed by atoms with E-state index in [0.29, 0.717) is 53.5 Å². The molecule has 3 heterocycles. The zero-order chi connectivity index (χ0) is 44.6. The molecule has 1 aromatic heterocycles. The molecule has 4 amide bonds. The lowest BCUT2D eigenvalue weighted by molar-refractivity contribution is -0.274. The van der Waals surface area contributed by atoms with Crippen LogP contribution < -0.4 is 29.6 Å². The van der Waals surface area contributed by atoms with Crippen molar-refractivity contribution in [3.63, 3.8) is 0 Å². The maximum Gasteiger partial charge on any atom is 0.573 e. The van der Waals surface area contributed by atoms with Crippen molar-refractivity contribution >= 4 is 44.6 Å². The van der Waals surface area contributed by atoms with Crippen LogP contribution >= 0.6 is 0 Å². The summed E-state index contributed by atoms with van der Waals surface area (Å²) in [5, 5.41) is 5.78. The van der Waals surface area contributed by atoms with Crippen LogP contribution in [0.1, 0.15) is 59.3 Å². The molecular formula is C42H48F3N5O11S. The molecule has 3 aromatic rings. The fourth-order valence-electron chi connectivity index (χ4n) is 7.49. The molecule has 2 saturated carbocycles. The third kappa shape index (κ3) is 10.5. The monoisotopic (exact) mass is 887 g/mol. The fourth-order valence-corrected chi connectivity index (χ4v) is 8.85. The number of aromatic nitrogens is 1. The van der Waals surface area contributed by atoms with Crippen LogP contribution in [-0.4, -0.2) is 110 Å². The van der Waals surface area contributed by atoms with E-state index in [4.69, 9.17) is 23.9 Å². The first kappa shape index (κ1) is 44.4. The van der Waals surface area contributed by atoms with Gasteiger partial charge in [0, 0.05) is 29.9 Å². The van der Waals surface area contributed by atoms with Crippen molar-refractivity contribution in [1.29, 1.82) is 0 Å². The zero-order valence-corrected chi connectivity index (χ0v) is 35.3. The average molecular weight is 888 g/mol. The highest BCUT2D eigenvalue weighted by Crippen LogP contribution is 2.46. The zero-order valence-electron chi connectivity index (χ0n) is 34.5. The largest absolute Gasteiger partial charge is 0.573 e. The van der Waals surface area contributed by atoms with Crippen molar-refractivity contribution in [1.82, 2.24) is 25.2 Å². The molecule has 5 atom stereocenters. The van der Waals surface area contributed by atoms with Crippen LogP contribution in [0, 0.1) is 5.92 Å². The third-order valence-corrected chi connectivity index (χ3v) is 12.6. The van der Waals surface area contributed by atoms with Crippen molar-refractivity contribution in [3.8, 4) is 28.6 Å². The minimum absolute atomic E-state index is 0.0663. The number of sulfonamides is 1. The number of carbonyl (C=O) groups excluding carboxylic acids is 4. The number of rotatable bonds is 9. The first-order valence-corrected chi connectivity index (χ1v) is 21.7. The van der Waals surface area contributed by atoms with E-state index in [9.17, 15) is 40.8 Å². The van der Waals surface area contributed by atoms with Gasteiger partial charge in [-0.3, -0.25) is 19.1 Å². The van der Waals surface area contributed by atoms with Gasteiger partial charge in [0.25, 0.3) is 5.91 Å². The van der Waals surface area contributed by atoms with Crippen LogP contribution in [0.2, 0.25) is 0 Å². The molecule has 1 saturated heterocycles. The van der Waals surface area contributed by atoms with Gasteiger partial charge < -0.3 is 39.2 Å². The van der Waals surface area contributed by atoms with Crippen molar-refractivity contribution < 1.29 is 64.5 Å². The molecule has 4 aliphatic rings. The van der Waals surface area contributed by atoms with Gasteiger partial charge in [0.2, 0.25) is 27.7 Å². The lowest BCUT2D eigenvalue weighted by Gasteiger charge is -2.30. The van der Waals surface area contributed by atoms with E-state index in [-0.39, 0.29) is 38.5 Å². The summed E-state index contributed by atoms with van der Waals surface area (Å²) in [5.74, 6) is -2.77. The average Bonchev–Trinajstić information content (AvgIpc) is 4.12. The minimum atomic E-state index is -4.89. The van der Waals surface area contributed by atoms with Gasteiger partial charge in [-0.25, -0.2) is 18.2 Å². The Balaban J connectivity index is 1.23. The number of ether oxygens (including phenoxy) is 5. The maximum atomic E-state index is 14.6. The van der Waals surface area contributed by atoms with Gasteiger partial charge in [-0.1, -0.05) is 12.2 Å². The number of pyridine rings is 1. The predicted octanol–water partition coefficient (Wildman–Crippen LogP) is 4.90. The Morgan fingerprint density at radius 1 is 1.03 bits per heavy atom. The summed E-state index contributed by atoms with van der Waals surface area (Å²) in [6, 6.07) is 9.25. The molecule has 62 heavy (non-hydrogen) atoms. The molecule has 2 aliphatic heterocycles. The summed E-state index contributed by atoms with van der Waals surface area (Å²) >= 11 is 0. The second-order valence-electron chi connectivity index (χ2n) is 16.7. The Kier molecular flexibility index (Phi) is 12.4. The van der Waals surface area contributed by atoms with Crippen LogP contribution in [0.3, 0.4) is 0 Å². The normalized spacial score (nSPS) is 25.2. The number of alkyl halides is 3. The Morgan fingerprint density at radius 3 is 2.44 bits per heavy atom. The van der Waals surface area contributed by atoms with E-state index in [1.54, 1.807) is 51.1 Å². The summed E-state index contributed by atoms with van der Waals surface area (Å²) in [6.07, 6.45) is -1.31. The standard InChI is InChI=1S/C42H48F3N5O11S/c1-40(2,3)61-39(54)47-33-23-58-17-7-5-6-8-26-21-41(26,38(53)49-62(55,56)30-14-15-30)48-35(51)34-20-29(22-50(34)37(33)52)59-36-31-16-13-28(57-4)18-25(31)19-32(46-36)24-9-11-27(12-10-24)60-42(43,44)45/h6,8-13,16,18-19,26,29-30,33-34H,5,7,14-15,17,20-23H2,1-4H3,(H,47,54)(H,48,51)(H,49,53)/b8-6-/t26-,29-,33+,34+,41-/m1/s1. The van der Waals surface area contributed by atoms with Crippen molar-refractivity contribution in [2.24, 2.45) is 5.92 Å². The predicted molar refractivity (Wildman–Crippen MR) is 216 cm³/mol. The first-order chi connectivity index (χ1) is 29.2. The van der Waals surface area contributed by atoms with Crippen molar-refractivity contribution in [2.45, 2.75) is 100 Å². The van der Waals surface area contributed by atoms with Gasteiger partial charge in [-0.05, 0) is 107 Å². The molecule has 3 N–H and O–H groups in total. The smallest absolute Gasteiger partial charge is 0.497 e. The van der Waals surface area contributed by atoms with Gasteiger partial charge >= 0.3 is 12.5 Å². The quantitative estimate of drug-likeness (QED) is 0.246. The van der Waals surface area contributed by atoms with Gasteiger partial charge in [-0.15, -0.1) is 13.2 Å². The first-order valence-electron chi connectivity index (χ1n) is 20.2. The minimum Gasteiger partial charge on any atom is -0.497 e. The Hall–Kier alpha value is -5.63. The van der Waals surface area contributed by atoms with E-state index in [1.807, 2.05) is 6.08 Å². The van der Waals surface area contributed by atoms with E-state index in [1.165, 1.54) is 24.1 Å². The molecule has 20 heteroatoms. The van der Waals surface area contributed by atoms with Gasteiger partial charge in [0.05, 0.1) is 31.2 Å². The number of nitrogens with zero attached hydrogens (tertiary/aromatic N) is 2. The van der Waals surface area contributed by atoms with E-state index >= 15 is 0 Å². The Labute approximate surface area is 355 Å². The fraction of sp³-hybridized carbons (Fsp3) is 0.500. The highest BCUT2D eigenvalue weighted by atomic mass is 32.2. The molecule has 0 spiro atoms. The lowest BCUT2D eigenvalue weighted by atomic mass is 10.1. The molecule has 0 unspecified atom stereocenters. The topological polar surface area (TPSA) is 201 Å². The number of alkyl carbamates (subject to hydrolysis) is 1. The maximum absolute atomic E-state index is 14.6. The second-order valence-corrected chi connectivity index (χ2v) is 18.7. The number of allylic oxidation sites excluding steroid dienone is 1. The Morgan fingerprint density at radius 2 is 1.76 bits per heavy atom. The number of methoxy groups -OCH3 is 1. The summed E-state index contributed by atoms with van der Waals surface area (Å²) in [4.78, 5) is 61.9. The molecule has 334 valence electrons. The highest BCUT2D eigenvalue weighted by molar-refractivity contribution is 7.91. The number of hydrogen-bond acceptors (Lipinski definition) is 12. The molecular weight excluding hydrogens is 840 g/mol. The number of fused-ring (bicyclic) bond motifs is 3. The molecule has 3 fully saturated rings. The number of amides is 4.